The van der Waals surface area contributed by atoms with Gasteiger partial charge in [-0.15, -0.1) is 5.92 Å². The summed E-state index contributed by atoms with van der Waals surface area (Å²) in [5.74, 6) is 6.22. The molecular formula is C16H18N2O. The Bertz CT molecular complexity index is 661. The molecular weight excluding hydrogens is 236 g/mol. The maximum Gasteiger partial charge on any atom is 0.251 e. The quantitative estimate of drug-likeness (QED) is 0.621. The highest BCUT2D eigenvalue weighted by atomic mass is 16.1. The first kappa shape index (κ1) is 13.4. The summed E-state index contributed by atoms with van der Waals surface area (Å²) in [5, 5.41) is 0.967. The number of fused-ring (bicyclic) bond motifs is 1. The molecule has 0 fully saturated rings. The van der Waals surface area contributed by atoms with Crippen molar-refractivity contribution in [2.75, 3.05) is 0 Å². The van der Waals surface area contributed by atoms with Gasteiger partial charge in [-0.2, -0.15) is 0 Å². The summed E-state index contributed by atoms with van der Waals surface area (Å²) in [6, 6.07) is 5.23. The molecule has 2 heterocycles. The zero-order chi connectivity index (χ0) is 13.5. The Kier molecular flexibility index (Phi) is 4.74. The third-order valence-corrected chi connectivity index (χ3v) is 3.06. The highest BCUT2D eigenvalue weighted by Crippen LogP contribution is 2.08. The number of pyridine rings is 2. The topological polar surface area (TPSA) is 34.9 Å². The van der Waals surface area contributed by atoms with E-state index < -0.39 is 0 Å². The Morgan fingerprint density at radius 1 is 1.21 bits per heavy atom. The van der Waals surface area contributed by atoms with Gasteiger partial charge in [-0.05, 0) is 18.6 Å². The average Bonchev–Trinajstić information content (AvgIpc) is 2.44. The van der Waals surface area contributed by atoms with Crippen LogP contribution in [0.2, 0.25) is 0 Å². The van der Waals surface area contributed by atoms with Crippen molar-refractivity contribution < 1.29 is 0 Å². The lowest BCUT2D eigenvalue weighted by atomic mass is 10.2. The van der Waals surface area contributed by atoms with Crippen LogP contribution in [0, 0.1) is 11.8 Å². The molecule has 0 bridgehead atoms. The van der Waals surface area contributed by atoms with Crippen LogP contribution in [0.4, 0.5) is 0 Å². The monoisotopic (exact) mass is 254 g/mol. The first-order chi connectivity index (χ1) is 9.33. The molecule has 3 nitrogen and oxygen atoms in total. The minimum absolute atomic E-state index is 0.0124. The third-order valence-electron chi connectivity index (χ3n) is 3.06. The Labute approximate surface area is 113 Å². The zero-order valence-electron chi connectivity index (χ0n) is 11.2. The molecule has 0 unspecified atom stereocenters. The number of aromatic nitrogens is 2. The summed E-state index contributed by atoms with van der Waals surface area (Å²) in [6.07, 6.45) is 7.94. The molecule has 2 rings (SSSR count). The van der Waals surface area contributed by atoms with Crippen LogP contribution in [0.5, 0.6) is 0 Å². The van der Waals surface area contributed by atoms with E-state index in [2.05, 4.69) is 23.7 Å². The molecule has 2 aromatic heterocycles. The number of rotatable bonds is 4. The first-order valence-corrected chi connectivity index (χ1v) is 6.72. The third kappa shape index (κ3) is 3.45. The van der Waals surface area contributed by atoms with Gasteiger partial charge < -0.3 is 0 Å². The molecule has 0 amide bonds. The minimum Gasteiger partial charge on any atom is -0.297 e. The van der Waals surface area contributed by atoms with E-state index in [0.717, 1.165) is 23.7 Å². The number of unbranched alkanes of at least 4 members (excludes halogenated alkanes) is 3. The standard InChI is InChI=1S/C16H18N2O/c1-2-3-4-5-6-7-12-18-15-10-11-17-13-14(15)8-9-16(18)19/h8-11,13H,2-5,12H2,1H3. The number of hydrogen-bond acceptors (Lipinski definition) is 2. The Hall–Kier alpha value is -2.08. The van der Waals surface area contributed by atoms with Crippen LogP contribution < -0.4 is 5.56 Å². The molecule has 0 radical (unpaired) electrons. The molecule has 0 saturated carbocycles. The zero-order valence-corrected chi connectivity index (χ0v) is 11.2. The van der Waals surface area contributed by atoms with Crippen molar-refractivity contribution in [3.05, 3.63) is 40.9 Å². The second kappa shape index (κ2) is 6.75. The fraction of sp³-hybridized carbons (Fsp3) is 0.375. The van der Waals surface area contributed by atoms with Gasteiger partial charge >= 0.3 is 0 Å². The maximum atomic E-state index is 11.9. The van der Waals surface area contributed by atoms with E-state index in [4.69, 9.17) is 0 Å². The summed E-state index contributed by atoms with van der Waals surface area (Å²) >= 11 is 0. The molecule has 3 heteroatoms. The van der Waals surface area contributed by atoms with Crippen LogP contribution in [0.25, 0.3) is 10.9 Å². The van der Waals surface area contributed by atoms with Crippen LogP contribution >= 0.6 is 0 Å². The Morgan fingerprint density at radius 2 is 2.11 bits per heavy atom. The van der Waals surface area contributed by atoms with Crippen molar-refractivity contribution in [2.24, 2.45) is 0 Å². The van der Waals surface area contributed by atoms with Crippen LogP contribution in [0.1, 0.15) is 32.6 Å². The highest BCUT2D eigenvalue weighted by molar-refractivity contribution is 5.77. The van der Waals surface area contributed by atoms with Crippen molar-refractivity contribution in [3.63, 3.8) is 0 Å². The van der Waals surface area contributed by atoms with Crippen molar-refractivity contribution in [2.45, 2.75) is 39.2 Å². The molecule has 19 heavy (non-hydrogen) atoms. The fourth-order valence-corrected chi connectivity index (χ4v) is 1.99. The average molecular weight is 254 g/mol. The van der Waals surface area contributed by atoms with Gasteiger partial charge in [-0.3, -0.25) is 14.3 Å². The lowest BCUT2D eigenvalue weighted by molar-refractivity contribution is 0.736. The van der Waals surface area contributed by atoms with Gasteiger partial charge in [0.1, 0.15) is 0 Å². The van der Waals surface area contributed by atoms with Crippen LogP contribution in [-0.4, -0.2) is 9.55 Å². The Morgan fingerprint density at radius 3 is 2.95 bits per heavy atom. The molecule has 0 aliphatic heterocycles. The molecule has 0 saturated heterocycles. The summed E-state index contributed by atoms with van der Waals surface area (Å²) in [6.45, 7) is 2.63. The van der Waals surface area contributed by atoms with Crippen LogP contribution in [0.3, 0.4) is 0 Å². The van der Waals surface area contributed by atoms with E-state index in [1.165, 1.54) is 12.8 Å². The molecule has 0 N–H and O–H groups in total. The second-order valence-electron chi connectivity index (χ2n) is 4.50. The SMILES string of the molecule is CCCCCC#CCn1c(=O)ccc2cnccc21. The first-order valence-electron chi connectivity index (χ1n) is 6.72. The van der Waals surface area contributed by atoms with E-state index in [9.17, 15) is 4.79 Å². The van der Waals surface area contributed by atoms with E-state index in [1.807, 2.05) is 6.07 Å². The van der Waals surface area contributed by atoms with Gasteiger partial charge in [-0.25, -0.2) is 0 Å². The highest BCUT2D eigenvalue weighted by Gasteiger charge is 2.00. The van der Waals surface area contributed by atoms with E-state index >= 15 is 0 Å². The van der Waals surface area contributed by atoms with E-state index in [-0.39, 0.29) is 5.56 Å². The molecule has 2 aromatic rings. The van der Waals surface area contributed by atoms with Crippen molar-refractivity contribution >= 4 is 10.9 Å². The lowest BCUT2D eigenvalue weighted by Crippen LogP contribution is -2.18. The largest absolute Gasteiger partial charge is 0.297 e. The van der Waals surface area contributed by atoms with Gasteiger partial charge in [0, 0.05) is 30.3 Å². The van der Waals surface area contributed by atoms with Gasteiger partial charge in [0.25, 0.3) is 5.56 Å². The van der Waals surface area contributed by atoms with Crippen molar-refractivity contribution in [1.29, 1.82) is 0 Å². The number of hydrogen-bond donors (Lipinski definition) is 0. The van der Waals surface area contributed by atoms with E-state index in [1.54, 1.807) is 29.1 Å². The maximum absolute atomic E-state index is 11.9. The van der Waals surface area contributed by atoms with Gasteiger partial charge in [0.2, 0.25) is 0 Å². The summed E-state index contributed by atoms with van der Waals surface area (Å²) in [4.78, 5) is 15.9. The second-order valence-corrected chi connectivity index (χ2v) is 4.50. The summed E-state index contributed by atoms with van der Waals surface area (Å²) in [5.41, 5.74) is 0.881. The number of nitrogens with zero attached hydrogens (tertiary/aromatic N) is 2. The predicted octanol–water partition coefficient (Wildman–Crippen LogP) is 2.98. The summed E-state index contributed by atoms with van der Waals surface area (Å²) < 4.78 is 1.70. The fourth-order valence-electron chi connectivity index (χ4n) is 1.99. The molecule has 0 spiro atoms. The molecule has 0 aliphatic rings. The van der Waals surface area contributed by atoms with E-state index in [0.29, 0.717) is 6.54 Å². The molecule has 98 valence electrons. The molecule has 0 atom stereocenters. The predicted molar refractivity (Wildman–Crippen MR) is 77.9 cm³/mol. The van der Waals surface area contributed by atoms with Gasteiger partial charge in [0.05, 0.1) is 12.1 Å². The smallest absolute Gasteiger partial charge is 0.251 e. The van der Waals surface area contributed by atoms with Gasteiger partial charge in [0.15, 0.2) is 0 Å². The van der Waals surface area contributed by atoms with Crippen molar-refractivity contribution in [1.82, 2.24) is 9.55 Å². The Balaban J connectivity index is 2.16. The van der Waals surface area contributed by atoms with Crippen molar-refractivity contribution in [3.8, 4) is 11.8 Å². The molecule has 0 aliphatic carbocycles. The van der Waals surface area contributed by atoms with Gasteiger partial charge in [-0.1, -0.05) is 25.7 Å². The van der Waals surface area contributed by atoms with Crippen LogP contribution in [-0.2, 0) is 6.54 Å². The summed E-state index contributed by atoms with van der Waals surface area (Å²) in [7, 11) is 0. The van der Waals surface area contributed by atoms with Crippen LogP contribution in [0.15, 0.2) is 35.4 Å². The lowest BCUT2D eigenvalue weighted by Gasteiger charge is -2.05. The minimum atomic E-state index is -0.0124. The molecule has 0 aromatic carbocycles. The normalized spacial score (nSPS) is 10.2.